The maximum absolute atomic E-state index is 12.1. The number of hydrogen-bond acceptors (Lipinski definition) is 3. The SMILES string of the molecule is FC(F)(F)F.O=C1C2CC=CCC2C(=O)N1SC(Cl)(Cl)C(Cl)Cl.[H-].[Li+]. The standard InChI is InChI=1S/C10H9Cl4NO2S.CF4.Li.H/c11-9(12)10(13,14)18-15-7(16)5-3-1-2-4-6(5)8(15)17;2-1(3,4)5;;/h1-2,5-6,9H,3-4H2;;;/q;;+1;-1. The van der Waals surface area contributed by atoms with Crippen LogP contribution in [-0.4, -0.2) is 31.1 Å². The molecule has 1 aliphatic carbocycles. The monoisotopic (exact) mass is 443 g/mol. The van der Waals surface area contributed by atoms with E-state index in [4.69, 9.17) is 46.4 Å². The Kier molecular flexibility index (Phi) is 9.87. The maximum atomic E-state index is 12.1. The molecule has 2 rings (SSSR count). The van der Waals surface area contributed by atoms with E-state index in [-0.39, 0.29) is 43.9 Å². The molecule has 0 aromatic rings. The predicted octanol–water partition coefficient (Wildman–Crippen LogP) is 2.11. The zero-order valence-corrected chi connectivity index (χ0v) is 15.8. The van der Waals surface area contributed by atoms with Gasteiger partial charge in [0.25, 0.3) is 0 Å². The van der Waals surface area contributed by atoms with Crippen LogP contribution in [0, 0.1) is 11.8 Å². The molecular weight excluding hydrogens is 435 g/mol. The molecule has 0 aromatic heterocycles. The number of nitrogens with zero attached hydrogens (tertiary/aromatic N) is 1. The van der Waals surface area contributed by atoms with Gasteiger partial charge in [-0.15, -0.1) is 40.8 Å². The number of carbonyl (C=O) groups excluding carboxylic acids is 2. The van der Waals surface area contributed by atoms with Gasteiger partial charge in [0.1, 0.15) is 0 Å². The number of halogens is 8. The molecule has 2 unspecified atom stereocenters. The zero-order valence-electron chi connectivity index (χ0n) is 13.0. The molecular formula is C11H10Cl4F4LiNO2S. The number of imide groups is 1. The van der Waals surface area contributed by atoms with Gasteiger partial charge in [0.05, 0.1) is 11.8 Å². The molecule has 24 heavy (non-hydrogen) atoms. The molecule has 2 amide bonds. The van der Waals surface area contributed by atoms with Crippen LogP contribution in [0.2, 0.25) is 0 Å². The van der Waals surface area contributed by atoms with Gasteiger partial charge >= 0.3 is 25.3 Å². The van der Waals surface area contributed by atoms with Crippen LogP contribution in [0.15, 0.2) is 12.2 Å². The Morgan fingerprint density at radius 2 is 1.42 bits per heavy atom. The quantitative estimate of drug-likeness (QED) is 0.167. The third kappa shape index (κ3) is 7.14. The number of alkyl halides is 8. The van der Waals surface area contributed by atoms with Crippen LogP contribution in [0.5, 0.6) is 0 Å². The molecule has 0 aromatic carbocycles. The molecule has 13 heteroatoms. The smallest absolute Gasteiger partial charge is 1.00 e. The number of allylic oxidation sites excluding steroid dienone is 2. The molecule has 1 aliphatic heterocycles. The Bertz CT molecular complexity index is 481. The third-order valence-electron chi connectivity index (χ3n) is 2.93. The van der Waals surface area contributed by atoms with Gasteiger partial charge in [0.15, 0.2) is 4.84 Å². The average molecular weight is 445 g/mol. The van der Waals surface area contributed by atoms with Crippen molar-refractivity contribution in [2.24, 2.45) is 11.8 Å². The molecule has 2 atom stereocenters. The van der Waals surface area contributed by atoms with Crippen molar-refractivity contribution in [1.29, 1.82) is 0 Å². The predicted molar refractivity (Wildman–Crippen MR) is 83.0 cm³/mol. The van der Waals surface area contributed by atoms with Crippen LogP contribution in [-0.2, 0) is 9.59 Å². The topological polar surface area (TPSA) is 37.4 Å². The van der Waals surface area contributed by atoms with Crippen LogP contribution in [0.3, 0.4) is 0 Å². The van der Waals surface area contributed by atoms with Gasteiger partial charge in [0, 0.05) is 11.9 Å². The van der Waals surface area contributed by atoms with Crippen molar-refractivity contribution < 1.29 is 47.4 Å². The largest absolute Gasteiger partial charge is 1.00 e. The fraction of sp³-hybridized carbons (Fsp3) is 0.636. The summed E-state index contributed by atoms with van der Waals surface area (Å²) in [5.41, 5.74) is 0. The second-order valence-electron chi connectivity index (χ2n) is 4.51. The molecule has 0 saturated carbocycles. The van der Waals surface area contributed by atoms with E-state index in [1.165, 1.54) is 0 Å². The van der Waals surface area contributed by atoms with Crippen LogP contribution < -0.4 is 18.9 Å². The van der Waals surface area contributed by atoms with Crippen molar-refractivity contribution in [3.63, 3.8) is 0 Å². The van der Waals surface area contributed by atoms with Crippen molar-refractivity contribution in [2.75, 3.05) is 0 Å². The summed E-state index contributed by atoms with van der Waals surface area (Å²) in [4.78, 5) is 23.1. The van der Waals surface area contributed by atoms with Crippen LogP contribution in [0.25, 0.3) is 0 Å². The average Bonchev–Trinajstić information content (AvgIpc) is 2.62. The summed E-state index contributed by atoms with van der Waals surface area (Å²) in [5, 5.41) is 0. The number of amides is 2. The van der Waals surface area contributed by atoms with E-state index in [0.717, 1.165) is 4.31 Å². The van der Waals surface area contributed by atoms with Gasteiger partial charge in [-0.25, -0.2) is 4.31 Å². The van der Waals surface area contributed by atoms with Gasteiger partial charge in [-0.05, 0) is 12.8 Å². The van der Waals surface area contributed by atoms with Gasteiger partial charge < -0.3 is 1.43 Å². The summed E-state index contributed by atoms with van der Waals surface area (Å²) < 4.78 is 38.1. The molecule has 0 N–H and O–H groups in total. The minimum atomic E-state index is -5.50. The van der Waals surface area contributed by atoms with Gasteiger partial charge in [-0.2, -0.15) is 0 Å². The second kappa shape index (κ2) is 9.59. The molecule has 1 fully saturated rings. The first kappa shape index (κ1) is 24.7. The van der Waals surface area contributed by atoms with Gasteiger partial charge in [-0.3, -0.25) is 9.59 Å². The molecule has 1 saturated heterocycles. The zero-order chi connectivity index (χ0) is 18.0. The molecule has 0 radical (unpaired) electrons. The maximum Gasteiger partial charge on any atom is 1.00 e. The Morgan fingerprint density at radius 3 is 1.71 bits per heavy atom. The van der Waals surface area contributed by atoms with Crippen LogP contribution >= 0.6 is 58.4 Å². The summed E-state index contributed by atoms with van der Waals surface area (Å²) in [6, 6.07) is 0. The van der Waals surface area contributed by atoms with Crippen LogP contribution in [0.4, 0.5) is 17.6 Å². The Morgan fingerprint density at radius 1 is 1.08 bits per heavy atom. The molecule has 2 aliphatic rings. The van der Waals surface area contributed by atoms with Gasteiger partial charge in [-0.1, -0.05) is 35.4 Å². The first-order valence-corrected chi connectivity index (χ1v) is 8.38. The summed E-state index contributed by atoms with van der Waals surface area (Å²) in [5.74, 6) is -1.19. The normalized spacial score (nSPS) is 23.6. The third-order valence-corrected chi connectivity index (χ3v) is 6.17. The molecule has 0 spiro atoms. The van der Waals surface area contributed by atoms with Crippen molar-refractivity contribution in [3.05, 3.63) is 12.2 Å². The van der Waals surface area contributed by atoms with E-state index < -0.39 is 14.9 Å². The minimum Gasteiger partial charge on any atom is -1.00 e. The van der Waals surface area contributed by atoms with Crippen molar-refractivity contribution in [1.82, 2.24) is 4.31 Å². The van der Waals surface area contributed by atoms with Crippen LogP contribution in [0.1, 0.15) is 14.3 Å². The summed E-state index contributed by atoms with van der Waals surface area (Å²) in [6.45, 7) is 0. The van der Waals surface area contributed by atoms with E-state index in [1.54, 1.807) is 0 Å². The Labute approximate surface area is 173 Å². The Hall–Kier alpha value is 0.707. The second-order valence-corrected chi connectivity index (χ2v) is 8.63. The number of fused-ring (bicyclic) bond motifs is 1. The van der Waals surface area contributed by atoms with E-state index >= 15 is 0 Å². The molecule has 134 valence electrons. The summed E-state index contributed by atoms with van der Waals surface area (Å²) in [6.07, 6.45) is -0.563. The van der Waals surface area contributed by atoms with Gasteiger partial charge in [0.2, 0.25) is 15.5 Å². The van der Waals surface area contributed by atoms with E-state index in [0.29, 0.717) is 24.8 Å². The van der Waals surface area contributed by atoms with Crippen molar-refractivity contribution >= 4 is 70.2 Å². The number of rotatable bonds is 3. The molecule has 0 bridgehead atoms. The van der Waals surface area contributed by atoms with Crippen molar-refractivity contribution in [2.45, 2.75) is 27.8 Å². The fourth-order valence-corrected chi connectivity index (χ4v) is 3.45. The summed E-state index contributed by atoms with van der Waals surface area (Å²) in [7, 11) is 0. The van der Waals surface area contributed by atoms with E-state index in [2.05, 4.69) is 0 Å². The molecule has 3 nitrogen and oxygen atoms in total. The number of carbonyl (C=O) groups is 2. The Balaban J connectivity index is 0. The van der Waals surface area contributed by atoms with E-state index in [9.17, 15) is 27.2 Å². The fourth-order valence-electron chi connectivity index (χ4n) is 2.02. The van der Waals surface area contributed by atoms with E-state index in [1.807, 2.05) is 12.2 Å². The van der Waals surface area contributed by atoms with Crippen molar-refractivity contribution in [3.8, 4) is 0 Å². The molecule has 1 heterocycles. The number of hydrogen-bond donors (Lipinski definition) is 0. The summed E-state index contributed by atoms with van der Waals surface area (Å²) >= 11 is 23.7. The minimum absolute atomic E-state index is 0. The first-order chi connectivity index (χ1) is 10.3. The first-order valence-electron chi connectivity index (χ1n) is 5.98.